The number of likely N-dealkylation sites (tertiary alicyclic amines) is 1. The van der Waals surface area contributed by atoms with Crippen LogP contribution in [0.4, 0.5) is 10.1 Å². The summed E-state index contributed by atoms with van der Waals surface area (Å²) in [5, 5.41) is 0. The van der Waals surface area contributed by atoms with Crippen molar-refractivity contribution in [3.05, 3.63) is 30.1 Å². The Bertz CT molecular complexity index is 379. The van der Waals surface area contributed by atoms with Crippen molar-refractivity contribution in [2.24, 2.45) is 11.8 Å². The van der Waals surface area contributed by atoms with E-state index in [1.165, 1.54) is 0 Å². The minimum absolute atomic E-state index is 0.0872. The van der Waals surface area contributed by atoms with Crippen molar-refractivity contribution < 1.29 is 4.39 Å². The van der Waals surface area contributed by atoms with Crippen LogP contribution in [0.25, 0.3) is 0 Å². The SMILES string of the molecule is CN1CC2CN(c3ccccc3F)CC2C1. The Kier molecular flexibility index (Phi) is 2.36. The topological polar surface area (TPSA) is 6.48 Å². The summed E-state index contributed by atoms with van der Waals surface area (Å²) in [7, 11) is 2.17. The van der Waals surface area contributed by atoms with Gasteiger partial charge in [-0.25, -0.2) is 4.39 Å². The van der Waals surface area contributed by atoms with Crippen LogP contribution in [0, 0.1) is 17.7 Å². The first kappa shape index (κ1) is 10.1. The molecule has 86 valence electrons. The van der Waals surface area contributed by atoms with E-state index >= 15 is 0 Å². The number of fused-ring (bicyclic) bond motifs is 1. The lowest BCUT2D eigenvalue weighted by Gasteiger charge is -2.21. The predicted octanol–water partition coefficient (Wildman–Crippen LogP) is 1.82. The summed E-state index contributed by atoms with van der Waals surface area (Å²) in [5.74, 6) is 1.37. The van der Waals surface area contributed by atoms with E-state index in [2.05, 4.69) is 16.8 Å². The van der Waals surface area contributed by atoms with Gasteiger partial charge in [0, 0.05) is 26.2 Å². The van der Waals surface area contributed by atoms with Crippen LogP contribution in [0.5, 0.6) is 0 Å². The predicted molar refractivity (Wildman–Crippen MR) is 63.1 cm³/mol. The molecule has 0 saturated carbocycles. The molecule has 0 radical (unpaired) electrons. The summed E-state index contributed by atoms with van der Waals surface area (Å²) >= 11 is 0. The molecule has 1 aromatic carbocycles. The third-order valence-electron chi connectivity index (χ3n) is 3.86. The van der Waals surface area contributed by atoms with E-state index in [1.807, 2.05) is 12.1 Å². The molecule has 3 rings (SSSR count). The van der Waals surface area contributed by atoms with Crippen molar-refractivity contribution >= 4 is 5.69 Å². The van der Waals surface area contributed by atoms with Crippen molar-refractivity contribution in [2.45, 2.75) is 0 Å². The van der Waals surface area contributed by atoms with Crippen molar-refractivity contribution in [3.8, 4) is 0 Å². The number of rotatable bonds is 1. The van der Waals surface area contributed by atoms with E-state index in [9.17, 15) is 4.39 Å². The Hall–Kier alpha value is -1.09. The normalized spacial score (nSPS) is 29.8. The van der Waals surface area contributed by atoms with Gasteiger partial charge < -0.3 is 9.80 Å². The summed E-state index contributed by atoms with van der Waals surface area (Å²) in [4.78, 5) is 4.59. The molecule has 2 aliphatic rings. The van der Waals surface area contributed by atoms with Gasteiger partial charge in [0.15, 0.2) is 0 Å². The molecule has 2 atom stereocenters. The van der Waals surface area contributed by atoms with Crippen LogP contribution >= 0.6 is 0 Å². The molecule has 2 saturated heterocycles. The van der Waals surface area contributed by atoms with Gasteiger partial charge in [-0.3, -0.25) is 0 Å². The standard InChI is InChI=1S/C13H17FN2/c1-15-6-10-8-16(9-11(10)7-15)13-5-3-2-4-12(13)14/h2-5,10-11H,6-9H2,1H3. The van der Waals surface area contributed by atoms with E-state index in [0.717, 1.165) is 43.7 Å². The van der Waals surface area contributed by atoms with Gasteiger partial charge in [-0.05, 0) is 31.0 Å². The molecule has 0 spiro atoms. The van der Waals surface area contributed by atoms with Crippen molar-refractivity contribution in [1.82, 2.24) is 4.90 Å². The first-order valence-corrected chi connectivity index (χ1v) is 5.92. The monoisotopic (exact) mass is 220 g/mol. The Morgan fingerprint density at radius 3 is 2.31 bits per heavy atom. The lowest BCUT2D eigenvalue weighted by Crippen LogP contribution is -2.27. The highest BCUT2D eigenvalue weighted by atomic mass is 19.1. The molecule has 2 nitrogen and oxygen atoms in total. The lowest BCUT2D eigenvalue weighted by atomic mass is 10.0. The second-order valence-electron chi connectivity index (χ2n) is 5.10. The van der Waals surface area contributed by atoms with Crippen LogP contribution in [-0.2, 0) is 0 Å². The van der Waals surface area contributed by atoms with Crippen LogP contribution in [0.3, 0.4) is 0 Å². The number of halogens is 1. The molecule has 0 aromatic heterocycles. The fraction of sp³-hybridized carbons (Fsp3) is 0.538. The molecule has 2 heterocycles. The smallest absolute Gasteiger partial charge is 0.146 e. The highest BCUT2D eigenvalue weighted by Gasteiger charge is 2.39. The minimum Gasteiger partial charge on any atom is -0.368 e. The molecule has 2 fully saturated rings. The van der Waals surface area contributed by atoms with Gasteiger partial charge in [0.1, 0.15) is 5.82 Å². The van der Waals surface area contributed by atoms with Gasteiger partial charge in [-0.1, -0.05) is 12.1 Å². The van der Waals surface area contributed by atoms with Gasteiger partial charge in [-0.2, -0.15) is 0 Å². The van der Waals surface area contributed by atoms with Crippen LogP contribution in [0.1, 0.15) is 0 Å². The fourth-order valence-corrected chi connectivity index (χ4v) is 3.13. The Balaban J connectivity index is 1.78. The maximum Gasteiger partial charge on any atom is 0.146 e. The Labute approximate surface area is 95.7 Å². The summed E-state index contributed by atoms with van der Waals surface area (Å²) in [6.07, 6.45) is 0. The highest BCUT2D eigenvalue weighted by Crippen LogP contribution is 2.34. The van der Waals surface area contributed by atoms with Crippen LogP contribution in [0.2, 0.25) is 0 Å². The van der Waals surface area contributed by atoms with Crippen molar-refractivity contribution in [1.29, 1.82) is 0 Å². The zero-order chi connectivity index (χ0) is 11.1. The van der Waals surface area contributed by atoms with E-state index in [4.69, 9.17) is 0 Å². The van der Waals surface area contributed by atoms with Gasteiger partial charge in [0.05, 0.1) is 5.69 Å². The third kappa shape index (κ3) is 1.59. The highest BCUT2D eigenvalue weighted by molar-refractivity contribution is 5.49. The summed E-state index contributed by atoms with van der Waals surface area (Å²) in [6, 6.07) is 7.11. The van der Waals surface area contributed by atoms with Gasteiger partial charge in [0.25, 0.3) is 0 Å². The largest absolute Gasteiger partial charge is 0.368 e. The number of benzene rings is 1. The molecule has 3 heteroatoms. The number of hydrogen-bond donors (Lipinski definition) is 0. The molecule has 0 aliphatic carbocycles. The third-order valence-corrected chi connectivity index (χ3v) is 3.86. The van der Waals surface area contributed by atoms with E-state index in [1.54, 1.807) is 12.1 Å². The maximum absolute atomic E-state index is 13.6. The first-order valence-electron chi connectivity index (χ1n) is 5.92. The van der Waals surface area contributed by atoms with Crippen LogP contribution < -0.4 is 4.90 Å². The van der Waals surface area contributed by atoms with Crippen molar-refractivity contribution in [2.75, 3.05) is 38.1 Å². The van der Waals surface area contributed by atoms with Gasteiger partial charge in [-0.15, -0.1) is 0 Å². The van der Waals surface area contributed by atoms with Crippen molar-refractivity contribution in [3.63, 3.8) is 0 Å². The van der Waals surface area contributed by atoms with Crippen LogP contribution in [-0.4, -0.2) is 38.1 Å². The average Bonchev–Trinajstić information content (AvgIpc) is 2.75. The van der Waals surface area contributed by atoms with E-state index in [0.29, 0.717) is 0 Å². The second kappa shape index (κ2) is 3.74. The molecule has 16 heavy (non-hydrogen) atoms. The molecule has 0 amide bonds. The first-order chi connectivity index (χ1) is 7.74. The van der Waals surface area contributed by atoms with Gasteiger partial charge >= 0.3 is 0 Å². The lowest BCUT2D eigenvalue weighted by molar-refractivity contribution is 0.386. The summed E-state index contributed by atoms with van der Waals surface area (Å²) < 4.78 is 13.6. The molecule has 1 aromatic rings. The molecule has 0 bridgehead atoms. The maximum atomic E-state index is 13.6. The zero-order valence-corrected chi connectivity index (χ0v) is 9.56. The Morgan fingerprint density at radius 1 is 1.06 bits per heavy atom. The molecular formula is C13H17FN2. The molecule has 2 unspecified atom stereocenters. The molecule has 2 aliphatic heterocycles. The summed E-state index contributed by atoms with van der Waals surface area (Å²) in [6.45, 7) is 4.34. The minimum atomic E-state index is -0.0872. The van der Waals surface area contributed by atoms with Crippen LogP contribution in [0.15, 0.2) is 24.3 Å². The number of hydrogen-bond acceptors (Lipinski definition) is 2. The molecular weight excluding hydrogens is 203 g/mol. The quantitative estimate of drug-likeness (QED) is 0.712. The average molecular weight is 220 g/mol. The molecule has 0 N–H and O–H groups in total. The van der Waals surface area contributed by atoms with E-state index in [-0.39, 0.29) is 5.82 Å². The number of para-hydroxylation sites is 1. The Morgan fingerprint density at radius 2 is 1.69 bits per heavy atom. The van der Waals surface area contributed by atoms with E-state index < -0.39 is 0 Å². The fourth-order valence-electron chi connectivity index (χ4n) is 3.13. The summed E-state index contributed by atoms with van der Waals surface area (Å²) in [5.41, 5.74) is 0.777. The second-order valence-corrected chi connectivity index (χ2v) is 5.10. The van der Waals surface area contributed by atoms with Gasteiger partial charge in [0.2, 0.25) is 0 Å². The zero-order valence-electron chi connectivity index (χ0n) is 9.56. The number of nitrogens with zero attached hydrogens (tertiary/aromatic N) is 2. The number of anilines is 1.